The van der Waals surface area contributed by atoms with Crippen LogP contribution in [0.1, 0.15) is 46.2 Å². The molecule has 1 aliphatic rings. The van der Waals surface area contributed by atoms with E-state index in [1.807, 2.05) is 0 Å². The summed E-state index contributed by atoms with van der Waals surface area (Å²) in [5, 5.41) is 0. The quantitative estimate of drug-likeness (QED) is 0.541. The molecule has 0 saturated carbocycles. The van der Waals surface area contributed by atoms with E-state index in [-0.39, 0.29) is 22.7 Å². The number of carbonyl (C=O) groups is 3. The molecule has 0 fully saturated rings. The third-order valence-electron chi connectivity index (χ3n) is 5.40. The molecule has 3 amide bonds. The number of carbonyl (C=O) groups excluding carboxylic acids is 3. The molecule has 0 unspecified atom stereocenters. The maximum absolute atomic E-state index is 13.5. The van der Waals surface area contributed by atoms with Crippen LogP contribution in [0.2, 0.25) is 0 Å². The number of sulfone groups is 1. The Morgan fingerprint density at radius 2 is 1.82 bits per heavy atom. The zero-order valence-corrected chi connectivity index (χ0v) is 19.9. The van der Waals surface area contributed by atoms with E-state index in [9.17, 15) is 22.8 Å². The van der Waals surface area contributed by atoms with E-state index >= 15 is 0 Å². The van der Waals surface area contributed by atoms with Gasteiger partial charge in [0.1, 0.15) is 9.84 Å². The fourth-order valence-corrected chi connectivity index (χ4v) is 4.71. The highest BCUT2D eigenvalue weighted by Gasteiger charge is 2.44. The second kappa shape index (κ2) is 9.22. The molecule has 1 heterocycles. The number of ether oxygens (including phenoxy) is 2. The number of hydrogen-bond donors (Lipinski definition) is 0. The molecule has 2 aromatic carbocycles. The molecular weight excluding hydrogens is 448 g/mol. The normalized spacial score (nSPS) is 14.2. The minimum absolute atomic E-state index is 0.0669. The van der Waals surface area contributed by atoms with Crippen molar-refractivity contribution in [1.29, 1.82) is 0 Å². The summed E-state index contributed by atoms with van der Waals surface area (Å²) in [6.07, 6.45) is 1.04. The number of hydrogen-bond acceptors (Lipinski definition) is 7. The van der Waals surface area contributed by atoms with Gasteiger partial charge in [-0.2, -0.15) is 0 Å². The van der Waals surface area contributed by atoms with Crippen LogP contribution in [0.15, 0.2) is 36.4 Å². The highest BCUT2D eigenvalue weighted by molar-refractivity contribution is 7.90. The van der Waals surface area contributed by atoms with Crippen molar-refractivity contribution in [2.24, 2.45) is 0 Å². The predicted molar refractivity (Wildman–Crippen MR) is 123 cm³/mol. The van der Waals surface area contributed by atoms with Gasteiger partial charge in [0.05, 0.1) is 42.3 Å². The second-order valence-electron chi connectivity index (χ2n) is 7.71. The van der Waals surface area contributed by atoms with Gasteiger partial charge in [0.15, 0.2) is 11.5 Å². The Bertz CT molecular complexity index is 1220. The maximum Gasteiger partial charge on any atom is 0.264 e. The van der Waals surface area contributed by atoms with Gasteiger partial charge in [0.2, 0.25) is 5.91 Å². The molecule has 0 spiro atoms. The number of nitrogens with zero attached hydrogens (tertiary/aromatic N) is 2. The summed E-state index contributed by atoms with van der Waals surface area (Å²) in [5.41, 5.74) is 0.865. The topological polar surface area (TPSA) is 110 Å². The van der Waals surface area contributed by atoms with Crippen LogP contribution in [0.5, 0.6) is 11.5 Å². The van der Waals surface area contributed by atoms with Crippen LogP contribution in [-0.4, -0.2) is 63.8 Å². The van der Waals surface area contributed by atoms with Crippen molar-refractivity contribution in [3.8, 4) is 11.5 Å². The number of amides is 3. The first-order valence-corrected chi connectivity index (χ1v) is 12.3. The lowest BCUT2D eigenvalue weighted by molar-refractivity contribution is -0.116. The Morgan fingerprint density at radius 3 is 2.39 bits per heavy atom. The maximum atomic E-state index is 13.5. The Labute approximate surface area is 192 Å². The van der Waals surface area contributed by atoms with Crippen molar-refractivity contribution in [3.05, 3.63) is 53.1 Å². The molecule has 10 heteroatoms. The summed E-state index contributed by atoms with van der Waals surface area (Å²) >= 11 is 0. The molecule has 0 radical (unpaired) electrons. The predicted octanol–water partition coefficient (Wildman–Crippen LogP) is 2.46. The van der Waals surface area contributed by atoms with Crippen LogP contribution < -0.4 is 14.4 Å². The largest absolute Gasteiger partial charge is 0.493 e. The third-order valence-corrected chi connectivity index (χ3v) is 6.32. The summed E-state index contributed by atoms with van der Waals surface area (Å²) in [4.78, 5) is 41.0. The molecule has 33 heavy (non-hydrogen) atoms. The molecule has 0 aliphatic carbocycles. The number of rotatable bonds is 8. The molecule has 3 rings (SSSR count). The first kappa shape index (κ1) is 24.2. The first-order chi connectivity index (χ1) is 15.5. The summed E-state index contributed by atoms with van der Waals surface area (Å²) in [7, 11) is -0.627. The molecular formula is C23H26N2O7S. The van der Waals surface area contributed by atoms with Gasteiger partial charge < -0.3 is 14.4 Å². The van der Waals surface area contributed by atoms with Crippen molar-refractivity contribution in [2.75, 3.05) is 37.7 Å². The lowest BCUT2D eigenvalue weighted by Crippen LogP contribution is -2.38. The number of imide groups is 1. The van der Waals surface area contributed by atoms with E-state index in [0.29, 0.717) is 23.7 Å². The number of methoxy groups -OCH3 is 1. The van der Waals surface area contributed by atoms with E-state index in [2.05, 4.69) is 0 Å². The smallest absolute Gasteiger partial charge is 0.264 e. The Hall–Kier alpha value is -3.40. The molecule has 1 atom stereocenters. The van der Waals surface area contributed by atoms with Crippen LogP contribution >= 0.6 is 0 Å². The van der Waals surface area contributed by atoms with Crippen molar-refractivity contribution < 1.29 is 32.3 Å². The summed E-state index contributed by atoms with van der Waals surface area (Å²) in [5.74, 6) is -1.28. The zero-order chi connectivity index (χ0) is 24.5. The Morgan fingerprint density at radius 1 is 1.12 bits per heavy atom. The van der Waals surface area contributed by atoms with E-state index in [1.54, 1.807) is 37.3 Å². The number of benzene rings is 2. The third kappa shape index (κ3) is 4.70. The lowest BCUT2D eigenvalue weighted by atomic mass is 10.1. The minimum Gasteiger partial charge on any atom is -0.493 e. The Balaban J connectivity index is 2.16. The van der Waals surface area contributed by atoms with E-state index < -0.39 is 33.4 Å². The van der Waals surface area contributed by atoms with Gasteiger partial charge in [-0.1, -0.05) is 12.1 Å². The summed E-state index contributed by atoms with van der Waals surface area (Å²) in [6.45, 7) is 3.47. The highest BCUT2D eigenvalue weighted by atomic mass is 32.2. The first-order valence-electron chi connectivity index (χ1n) is 10.2. The van der Waals surface area contributed by atoms with Gasteiger partial charge in [-0.15, -0.1) is 0 Å². The Kier molecular flexibility index (Phi) is 6.78. The van der Waals surface area contributed by atoms with E-state index in [4.69, 9.17) is 9.47 Å². The monoisotopic (exact) mass is 474 g/mol. The van der Waals surface area contributed by atoms with Crippen LogP contribution in [0.4, 0.5) is 5.69 Å². The van der Waals surface area contributed by atoms with Crippen molar-refractivity contribution >= 4 is 33.2 Å². The van der Waals surface area contributed by atoms with Crippen LogP contribution in [0.3, 0.4) is 0 Å². The van der Waals surface area contributed by atoms with Gasteiger partial charge in [0.25, 0.3) is 11.8 Å². The van der Waals surface area contributed by atoms with Crippen LogP contribution in [-0.2, 0) is 14.6 Å². The molecule has 0 aromatic heterocycles. The van der Waals surface area contributed by atoms with Gasteiger partial charge >= 0.3 is 0 Å². The van der Waals surface area contributed by atoms with E-state index in [1.165, 1.54) is 32.0 Å². The van der Waals surface area contributed by atoms with Crippen molar-refractivity contribution in [3.63, 3.8) is 0 Å². The van der Waals surface area contributed by atoms with Gasteiger partial charge in [-0.05, 0) is 36.8 Å². The zero-order valence-electron chi connectivity index (χ0n) is 19.1. The molecule has 0 saturated heterocycles. The fourth-order valence-electron chi connectivity index (χ4n) is 3.79. The molecule has 0 N–H and O–H groups in total. The molecule has 1 aliphatic heterocycles. The lowest BCUT2D eigenvalue weighted by Gasteiger charge is -2.27. The van der Waals surface area contributed by atoms with Gasteiger partial charge in [-0.3, -0.25) is 19.3 Å². The average Bonchev–Trinajstić information content (AvgIpc) is 3.01. The van der Waals surface area contributed by atoms with E-state index in [0.717, 1.165) is 11.2 Å². The molecule has 9 nitrogen and oxygen atoms in total. The highest BCUT2D eigenvalue weighted by Crippen LogP contribution is 2.39. The average molecular weight is 475 g/mol. The molecule has 0 bridgehead atoms. The SMILES string of the molecule is CCOc1cc([C@@H](CS(C)(=O)=O)N2C(=O)c3cccc(N(C)C(C)=O)c3C2=O)ccc1OC. The molecule has 176 valence electrons. The van der Waals surface area contributed by atoms with Crippen molar-refractivity contribution in [2.45, 2.75) is 19.9 Å². The second-order valence-corrected chi connectivity index (χ2v) is 9.89. The standard InChI is InChI=1S/C23H26N2O7S/c1-6-32-20-12-15(10-11-19(20)31-4)18(13-33(5,29)30)25-22(27)16-8-7-9-17(21(16)23(25)28)24(3)14(2)26/h7-12,18H,6,13H2,1-5H3/t18-/m1/s1. The van der Waals surface area contributed by atoms with Crippen LogP contribution in [0.25, 0.3) is 0 Å². The number of anilines is 1. The fraction of sp³-hybridized carbons (Fsp3) is 0.348. The van der Waals surface area contributed by atoms with Gasteiger partial charge in [0, 0.05) is 20.2 Å². The minimum atomic E-state index is -3.61. The summed E-state index contributed by atoms with van der Waals surface area (Å²) in [6, 6.07) is 8.31. The summed E-state index contributed by atoms with van der Waals surface area (Å²) < 4.78 is 35.5. The molecule has 2 aromatic rings. The van der Waals surface area contributed by atoms with Crippen molar-refractivity contribution in [1.82, 2.24) is 4.90 Å². The number of fused-ring (bicyclic) bond motifs is 1. The van der Waals surface area contributed by atoms with Gasteiger partial charge in [-0.25, -0.2) is 8.42 Å². The van der Waals surface area contributed by atoms with Crippen LogP contribution in [0, 0.1) is 0 Å².